The van der Waals surface area contributed by atoms with Crippen molar-refractivity contribution in [3.05, 3.63) is 29.5 Å². The average Bonchev–Trinajstić information content (AvgIpc) is 2.84. The molecule has 1 aromatic heterocycles. The van der Waals surface area contributed by atoms with Crippen molar-refractivity contribution in [3.8, 4) is 0 Å². The maximum Gasteiger partial charge on any atom is 0.170 e. The van der Waals surface area contributed by atoms with E-state index in [1.165, 1.54) is 28.6 Å². The van der Waals surface area contributed by atoms with E-state index < -0.39 is 0 Å². The SMILES string of the molecule is CNC(=S)Nc1ccc2[nH]c3c(c2c1)CC(N(C)C)CC3. The van der Waals surface area contributed by atoms with Gasteiger partial charge >= 0.3 is 0 Å². The Hall–Kier alpha value is -1.59. The van der Waals surface area contributed by atoms with Gasteiger partial charge in [0.05, 0.1) is 0 Å². The number of benzene rings is 1. The van der Waals surface area contributed by atoms with Gasteiger partial charge in [-0.05, 0) is 69.3 Å². The molecule has 21 heavy (non-hydrogen) atoms. The molecular formula is C16H22N4S. The number of nitrogens with zero attached hydrogens (tertiary/aromatic N) is 1. The van der Waals surface area contributed by atoms with E-state index in [1.807, 2.05) is 7.05 Å². The molecule has 0 saturated heterocycles. The summed E-state index contributed by atoms with van der Waals surface area (Å²) < 4.78 is 0. The van der Waals surface area contributed by atoms with Gasteiger partial charge in [0.2, 0.25) is 0 Å². The van der Waals surface area contributed by atoms with Gasteiger partial charge in [-0.2, -0.15) is 0 Å². The van der Waals surface area contributed by atoms with Crippen LogP contribution in [0.5, 0.6) is 0 Å². The highest BCUT2D eigenvalue weighted by Crippen LogP contribution is 2.32. The van der Waals surface area contributed by atoms with Gasteiger partial charge in [0.15, 0.2) is 5.11 Å². The first kappa shape index (κ1) is 14.4. The van der Waals surface area contributed by atoms with E-state index in [1.54, 1.807) is 0 Å². The Morgan fingerprint density at radius 2 is 2.19 bits per heavy atom. The number of aromatic nitrogens is 1. The summed E-state index contributed by atoms with van der Waals surface area (Å²) in [4.78, 5) is 5.91. The van der Waals surface area contributed by atoms with Crippen molar-refractivity contribution >= 4 is 33.9 Å². The highest BCUT2D eigenvalue weighted by Gasteiger charge is 2.23. The van der Waals surface area contributed by atoms with Crippen molar-refractivity contribution in [2.75, 3.05) is 26.5 Å². The van der Waals surface area contributed by atoms with Crippen molar-refractivity contribution in [2.24, 2.45) is 0 Å². The average molecular weight is 302 g/mol. The van der Waals surface area contributed by atoms with E-state index in [9.17, 15) is 0 Å². The number of aryl methyl sites for hydroxylation is 1. The normalized spacial score (nSPS) is 17.8. The summed E-state index contributed by atoms with van der Waals surface area (Å²) >= 11 is 5.18. The zero-order chi connectivity index (χ0) is 15.0. The molecule has 1 unspecified atom stereocenters. The highest BCUT2D eigenvalue weighted by atomic mass is 32.1. The van der Waals surface area contributed by atoms with Crippen LogP contribution in [-0.4, -0.2) is 42.2 Å². The first-order valence-corrected chi connectivity index (χ1v) is 7.78. The van der Waals surface area contributed by atoms with Crippen molar-refractivity contribution < 1.29 is 0 Å². The molecule has 1 heterocycles. The van der Waals surface area contributed by atoms with Crippen molar-refractivity contribution in [3.63, 3.8) is 0 Å². The number of H-pyrrole nitrogens is 1. The summed E-state index contributed by atoms with van der Waals surface area (Å²) in [6, 6.07) is 7.04. The zero-order valence-electron chi connectivity index (χ0n) is 12.8. The molecule has 112 valence electrons. The fourth-order valence-electron chi connectivity index (χ4n) is 3.11. The molecule has 0 radical (unpaired) electrons. The van der Waals surface area contributed by atoms with Gasteiger partial charge < -0.3 is 20.5 Å². The maximum absolute atomic E-state index is 5.18. The summed E-state index contributed by atoms with van der Waals surface area (Å²) in [5.41, 5.74) is 5.13. The third-order valence-corrected chi connectivity index (χ3v) is 4.68. The van der Waals surface area contributed by atoms with Crippen molar-refractivity contribution in [1.82, 2.24) is 15.2 Å². The molecule has 4 nitrogen and oxygen atoms in total. The van der Waals surface area contributed by atoms with E-state index >= 15 is 0 Å². The molecule has 1 aliphatic carbocycles. The molecule has 5 heteroatoms. The van der Waals surface area contributed by atoms with Gasteiger partial charge in [0.25, 0.3) is 0 Å². The monoisotopic (exact) mass is 302 g/mol. The molecule has 0 aliphatic heterocycles. The largest absolute Gasteiger partial charge is 0.366 e. The predicted molar refractivity (Wildman–Crippen MR) is 93.1 cm³/mol. The third kappa shape index (κ3) is 2.76. The third-order valence-electron chi connectivity index (χ3n) is 4.38. The first-order valence-electron chi connectivity index (χ1n) is 7.37. The second kappa shape index (κ2) is 5.66. The number of rotatable bonds is 2. The molecule has 1 atom stereocenters. The second-order valence-corrected chi connectivity index (χ2v) is 6.32. The second-order valence-electron chi connectivity index (χ2n) is 5.91. The molecule has 0 bridgehead atoms. The van der Waals surface area contributed by atoms with Crippen LogP contribution in [0.2, 0.25) is 0 Å². The van der Waals surface area contributed by atoms with Crippen LogP contribution >= 0.6 is 12.2 Å². The van der Waals surface area contributed by atoms with Crippen molar-refractivity contribution in [1.29, 1.82) is 0 Å². The molecule has 0 fully saturated rings. The Morgan fingerprint density at radius 3 is 2.90 bits per heavy atom. The summed E-state index contributed by atoms with van der Waals surface area (Å²) in [5.74, 6) is 0. The summed E-state index contributed by atoms with van der Waals surface area (Å²) in [6.45, 7) is 0. The van der Waals surface area contributed by atoms with E-state index in [0.29, 0.717) is 11.2 Å². The molecule has 1 aromatic carbocycles. The Labute approximate surface area is 130 Å². The number of anilines is 1. The minimum absolute atomic E-state index is 0.631. The molecule has 0 spiro atoms. The smallest absolute Gasteiger partial charge is 0.170 e. The minimum atomic E-state index is 0.631. The lowest BCUT2D eigenvalue weighted by Crippen LogP contribution is -2.33. The van der Waals surface area contributed by atoms with Gasteiger partial charge in [-0.3, -0.25) is 0 Å². The van der Waals surface area contributed by atoms with Crippen LogP contribution < -0.4 is 10.6 Å². The van der Waals surface area contributed by atoms with Gasteiger partial charge in [-0.25, -0.2) is 0 Å². The fraction of sp³-hybridized carbons (Fsp3) is 0.438. The lowest BCUT2D eigenvalue weighted by atomic mass is 9.91. The molecule has 0 saturated carbocycles. The predicted octanol–water partition coefficient (Wildman–Crippen LogP) is 2.50. The zero-order valence-corrected chi connectivity index (χ0v) is 13.6. The molecule has 0 amide bonds. The van der Waals surface area contributed by atoms with Crippen LogP contribution in [-0.2, 0) is 12.8 Å². The topological polar surface area (TPSA) is 43.1 Å². The number of thiocarbonyl (C=S) groups is 1. The Kier molecular flexibility index (Phi) is 3.87. The van der Waals surface area contributed by atoms with Crippen LogP contribution in [0.1, 0.15) is 17.7 Å². The summed E-state index contributed by atoms with van der Waals surface area (Å²) in [5, 5.41) is 8.12. The minimum Gasteiger partial charge on any atom is -0.366 e. The Morgan fingerprint density at radius 1 is 1.38 bits per heavy atom. The first-order chi connectivity index (χ1) is 10.1. The quantitative estimate of drug-likeness (QED) is 0.746. The summed E-state index contributed by atoms with van der Waals surface area (Å²) in [6.07, 6.45) is 3.47. The van der Waals surface area contributed by atoms with Crippen LogP contribution in [0.25, 0.3) is 10.9 Å². The van der Waals surface area contributed by atoms with E-state index in [4.69, 9.17) is 12.2 Å². The molecule has 1 aliphatic rings. The number of fused-ring (bicyclic) bond motifs is 3. The Bertz CT molecular complexity index is 674. The highest BCUT2D eigenvalue weighted by molar-refractivity contribution is 7.80. The number of likely N-dealkylation sites (N-methyl/N-ethyl adjacent to an activating group) is 1. The van der Waals surface area contributed by atoms with Gasteiger partial charge in [-0.1, -0.05) is 0 Å². The van der Waals surface area contributed by atoms with E-state index in [-0.39, 0.29) is 0 Å². The molecule has 3 rings (SSSR count). The van der Waals surface area contributed by atoms with E-state index in [2.05, 4.69) is 52.8 Å². The van der Waals surface area contributed by atoms with Crippen LogP contribution in [0.4, 0.5) is 5.69 Å². The van der Waals surface area contributed by atoms with Crippen LogP contribution in [0.15, 0.2) is 18.2 Å². The number of hydrogen-bond acceptors (Lipinski definition) is 2. The van der Waals surface area contributed by atoms with Gasteiger partial charge in [0.1, 0.15) is 0 Å². The van der Waals surface area contributed by atoms with Crippen molar-refractivity contribution in [2.45, 2.75) is 25.3 Å². The Balaban J connectivity index is 1.97. The van der Waals surface area contributed by atoms with Gasteiger partial charge in [-0.15, -0.1) is 0 Å². The molecule has 2 aromatic rings. The lowest BCUT2D eigenvalue weighted by molar-refractivity contribution is 0.268. The standard InChI is InChI=1S/C16H22N4S/c1-17-16(21)18-10-4-6-14-12(8-10)13-9-11(20(2)3)5-7-15(13)19-14/h4,6,8,11,19H,5,7,9H2,1-3H3,(H2,17,18,21). The number of aromatic amines is 1. The van der Waals surface area contributed by atoms with Gasteiger partial charge in [0, 0.05) is 35.4 Å². The molecular weight excluding hydrogens is 280 g/mol. The summed E-state index contributed by atoms with van der Waals surface area (Å²) in [7, 11) is 6.17. The van der Waals surface area contributed by atoms with Crippen LogP contribution in [0, 0.1) is 0 Å². The number of nitrogens with one attached hydrogen (secondary N) is 3. The molecule has 3 N–H and O–H groups in total. The fourth-order valence-corrected chi connectivity index (χ4v) is 3.23. The van der Waals surface area contributed by atoms with E-state index in [0.717, 1.165) is 18.5 Å². The lowest BCUT2D eigenvalue weighted by Gasteiger charge is -2.28. The maximum atomic E-state index is 5.18. The number of hydrogen-bond donors (Lipinski definition) is 3. The van der Waals surface area contributed by atoms with Crippen LogP contribution in [0.3, 0.4) is 0 Å².